The van der Waals surface area contributed by atoms with Gasteiger partial charge in [0.1, 0.15) is 12.4 Å². The molecule has 0 spiro atoms. The first-order chi connectivity index (χ1) is 9.24. The van der Waals surface area contributed by atoms with Crippen molar-refractivity contribution in [3.05, 3.63) is 59.5 Å². The Hall–Kier alpha value is -1.58. The second-order valence-electron chi connectivity index (χ2n) is 4.92. The number of benzene rings is 1. The van der Waals surface area contributed by atoms with Gasteiger partial charge in [-0.3, -0.25) is 0 Å². The van der Waals surface area contributed by atoms with Crippen LogP contribution in [-0.4, -0.2) is 6.04 Å². The normalized spacial score (nSPS) is 11.1. The molecule has 1 aromatic heterocycles. The Morgan fingerprint density at radius 2 is 1.79 bits per heavy atom. The van der Waals surface area contributed by atoms with E-state index >= 15 is 0 Å². The predicted molar refractivity (Wildman–Crippen MR) is 75.6 cm³/mol. The molecule has 0 saturated heterocycles. The van der Waals surface area contributed by atoms with Gasteiger partial charge >= 0.3 is 0 Å². The molecule has 1 N–H and O–H groups in total. The van der Waals surface area contributed by atoms with Gasteiger partial charge in [0.25, 0.3) is 0 Å². The smallest absolute Gasteiger partial charge is 0.129 e. The third-order valence-electron chi connectivity index (χ3n) is 2.83. The van der Waals surface area contributed by atoms with Crippen LogP contribution in [-0.2, 0) is 24.5 Å². The first-order valence-corrected chi connectivity index (χ1v) is 6.65. The molecule has 1 aromatic carbocycles. The van der Waals surface area contributed by atoms with Gasteiger partial charge in [0.15, 0.2) is 0 Å². The highest BCUT2D eigenvalue weighted by Crippen LogP contribution is 2.08. The van der Waals surface area contributed by atoms with Gasteiger partial charge in [0, 0.05) is 12.6 Å². The molecule has 2 rings (SSSR count). The highest BCUT2D eigenvalue weighted by Gasteiger charge is 1.99. The molecule has 3 heteroatoms. The predicted octanol–water partition coefficient (Wildman–Crippen LogP) is 3.49. The van der Waals surface area contributed by atoms with E-state index in [2.05, 4.69) is 43.4 Å². The molecule has 0 unspecified atom stereocenters. The number of nitrogens with one attached hydrogen (secondary N) is 1. The van der Waals surface area contributed by atoms with Crippen molar-refractivity contribution in [2.45, 2.75) is 39.6 Å². The summed E-state index contributed by atoms with van der Waals surface area (Å²) in [6, 6.07) is 12.8. The fourth-order valence-corrected chi connectivity index (χ4v) is 1.74. The maximum Gasteiger partial charge on any atom is 0.129 e. The Kier molecular flexibility index (Phi) is 5.19. The van der Waals surface area contributed by atoms with Gasteiger partial charge in [-0.15, -0.1) is 0 Å². The number of hydrogen-bond acceptors (Lipinski definition) is 3. The van der Waals surface area contributed by atoms with E-state index in [1.807, 2.05) is 12.1 Å². The molecule has 0 aliphatic heterocycles. The van der Waals surface area contributed by atoms with Gasteiger partial charge < -0.3 is 14.5 Å². The number of furan rings is 1. The van der Waals surface area contributed by atoms with Crippen molar-refractivity contribution in [3.8, 4) is 0 Å². The average molecular weight is 259 g/mol. The highest BCUT2D eigenvalue weighted by atomic mass is 16.5. The second-order valence-corrected chi connectivity index (χ2v) is 4.92. The molecule has 102 valence electrons. The Morgan fingerprint density at radius 1 is 1.05 bits per heavy atom. The van der Waals surface area contributed by atoms with Gasteiger partial charge in [-0.05, 0) is 23.3 Å². The fraction of sp³-hybridized carbons (Fsp3) is 0.375. The van der Waals surface area contributed by atoms with Crippen LogP contribution in [0.1, 0.15) is 30.7 Å². The summed E-state index contributed by atoms with van der Waals surface area (Å²) in [5.41, 5.74) is 2.48. The van der Waals surface area contributed by atoms with Gasteiger partial charge in [-0.25, -0.2) is 0 Å². The first kappa shape index (κ1) is 13.8. The Labute approximate surface area is 114 Å². The van der Waals surface area contributed by atoms with E-state index < -0.39 is 0 Å². The molecule has 0 bridgehead atoms. The molecule has 0 atom stereocenters. The summed E-state index contributed by atoms with van der Waals surface area (Å²) in [4.78, 5) is 0. The van der Waals surface area contributed by atoms with Gasteiger partial charge in [0.05, 0.1) is 12.9 Å². The van der Waals surface area contributed by atoms with E-state index in [9.17, 15) is 0 Å². The lowest BCUT2D eigenvalue weighted by atomic mass is 10.1. The lowest BCUT2D eigenvalue weighted by Gasteiger charge is -2.09. The molecule has 0 aliphatic rings. The van der Waals surface area contributed by atoms with E-state index in [0.29, 0.717) is 19.3 Å². The van der Waals surface area contributed by atoms with Crippen LogP contribution in [0.3, 0.4) is 0 Å². The van der Waals surface area contributed by atoms with Crippen LogP contribution in [0.5, 0.6) is 0 Å². The monoisotopic (exact) mass is 259 g/mol. The van der Waals surface area contributed by atoms with Crippen molar-refractivity contribution in [2.24, 2.45) is 0 Å². The summed E-state index contributed by atoms with van der Waals surface area (Å²) in [6.45, 7) is 6.33. The first-order valence-electron chi connectivity index (χ1n) is 6.65. The molecule has 0 saturated carbocycles. The van der Waals surface area contributed by atoms with Crippen molar-refractivity contribution >= 4 is 0 Å². The average Bonchev–Trinajstić information content (AvgIpc) is 2.91. The SMILES string of the molecule is CC(C)NCc1ccc(COCc2ccco2)cc1. The number of hydrogen-bond donors (Lipinski definition) is 1. The highest BCUT2D eigenvalue weighted by molar-refractivity contribution is 5.22. The van der Waals surface area contributed by atoms with Crippen LogP contribution in [0.15, 0.2) is 47.1 Å². The molecule has 2 aromatic rings. The number of ether oxygens (including phenoxy) is 1. The van der Waals surface area contributed by atoms with Crippen molar-refractivity contribution in [1.82, 2.24) is 5.32 Å². The minimum Gasteiger partial charge on any atom is -0.467 e. The van der Waals surface area contributed by atoms with Gasteiger partial charge in [-0.1, -0.05) is 38.1 Å². The van der Waals surface area contributed by atoms with Crippen LogP contribution in [0.25, 0.3) is 0 Å². The molecule has 0 amide bonds. The van der Waals surface area contributed by atoms with E-state index in [4.69, 9.17) is 9.15 Å². The minimum atomic E-state index is 0.510. The van der Waals surface area contributed by atoms with Crippen LogP contribution in [0, 0.1) is 0 Å². The molecule has 0 aliphatic carbocycles. The Balaban J connectivity index is 1.75. The van der Waals surface area contributed by atoms with Crippen LogP contribution < -0.4 is 5.32 Å². The third kappa shape index (κ3) is 4.89. The lowest BCUT2D eigenvalue weighted by molar-refractivity contribution is 0.0929. The maximum absolute atomic E-state index is 5.59. The zero-order valence-corrected chi connectivity index (χ0v) is 11.6. The summed E-state index contributed by atoms with van der Waals surface area (Å²) < 4.78 is 10.8. The van der Waals surface area contributed by atoms with Crippen LogP contribution in [0.4, 0.5) is 0 Å². The molecular formula is C16H21NO2. The van der Waals surface area contributed by atoms with Crippen molar-refractivity contribution in [3.63, 3.8) is 0 Å². The van der Waals surface area contributed by atoms with Gasteiger partial charge in [-0.2, -0.15) is 0 Å². The maximum atomic E-state index is 5.59. The second kappa shape index (κ2) is 7.12. The molecule has 3 nitrogen and oxygen atoms in total. The Morgan fingerprint density at radius 3 is 2.42 bits per heavy atom. The summed E-state index contributed by atoms with van der Waals surface area (Å²) in [5, 5.41) is 3.40. The van der Waals surface area contributed by atoms with E-state index in [1.54, 1.807) is 6.26 Å². The summed E-state index contributed by atoms with van der Waals surface area (Å²) >= 11 is 0. The Bertz CT molecular complexity index is 460. The molecular weight excluding hydrogens is 238 g/mol. The van der Waals surface area contributed by atoms with E-state index in [1.165, 1.54) is 11.1 Å². The summed E-state index contributed by atoms with van der Waals surface area (Å²) in [6.07, 6.45) is 1.66. The topological polar surface area (TPSA) is 34.4 Å². The molecule has 0 fully saturated rings. The van der Waals surface area contributed by atoms with Gasteiger partial charge in [0.2, 0.25) is 0 Å². The van der Waals surface area contributed by atoms with E-state index in [0.717, 1.165) is 12.3 Å². The zero-order valence-electron chi connectivity index (χ0n) is 11.6. The number of rotatable bonds is 7. The van der Waals surface area contributed by atoms with Crippen molar-refractivity contribution in [2.75, 3.05) is 0 Å². The minimum absolute atomic E-state index is 0.510. The standard InChI is InChI=1S/C16H21NO2/c1-13(2)17-10-14-5-7-15(8-6-14)11-18-12-16-4-3-9-19-16/h3-9,13,17H,10-12H2,1-2H3. The van der Waals surface area contributed by atoms with E-state index in [-0.39, 0.29) is 0 Å². The van der Waals surface area contributed by atoms with Crippen molar-refractivity contribution in [1.29, 1.82) is 0 Å². The molecule has 0 radical (unpaired) electrons. The summed E-state index contributed by atoms with van der Waals surface area (Å²) in [7, 11) is 0. The zero-order chi connectivity index (χ0) is 13.5. The summed E-state index contributed by atoms with van der Waals surface area (Å²) in [5.74, 6) is 0.859. The van der Waals surface area contributed by atoms with Crippen molar-refractivity contribution < 1.29 is 9.15 Å². The third-order valence-corrected chi connectivity index (χ3v) is 2.83. The van der Waals surface area contributed by atoms with Crippen LogP contribution >= 0.6 is 0 Å². The fourth-order valence-electron chi connectivity index (χ4n) is 1.74. The largest absolute Gasteiger partial charge is 0.467 e. The lowest BCUT2D eigenvalue weighted by Crippen LogP contribution is -2.21. The van der Waals surface area contributed by atoms with Crippen LogP contribution in [0.2, 0.25) is 0 Å². The molecule has 19 heavy (non-hydrogen) atoms. The quantitative estimate of drug-likeness (QED) is 0.826. The molecule has 1 heterocycles.